The van der Waals surface area contributed by atoms with Gasteiger partial charge in [0.2, 0.25) is 0 Å². The zero-order chi connectivity index (χ0) is 14.7. The van der Waals surface area contributed by atoms with Crippen LogP contribution in [-0.4, -0.2) is 28.6 Å². The number of hydrogen-bond donors (Lipinski definition) is 1. The van der Waals surface area contributed by atoms with Crippen molar-refractivity contribution in [3.63, 3.8) is 0 Å². The van der Waals surface area contributed by atoms with Gasteiger partial charge in [0.25, 0.3) is 0 Å². The van der Waals surface area contributed by atoms with E-state index in [2.05, 4.69) is 20.3 Å². The van der Waals surface area contributed by atoms with Gasteiger partial charge in [-0.15, -0.1) is 0 Å². The normalized spacial score (nSPS) is 10.6. The van der Waals surface area contributed by atoms with Crippen molar-refractivity contribution in [1.82, 2.24) is 15.0 Å². The summed E-state index contributed by atoms with van der Waals surface area (Å²) >= 11 is 0. The first-order valence-electron chi connectivity index (χ1n) is 6.82. The third-order valence-electron chi connectivity index (χ3n) is 3.25. The van der Waals surface area contributed by atoms with E-state index in [-0.39, 0.29) is 0 Å². The first-order valence-corrected chi connectivity index (χ1v) is 6.82. The molecule has 21 heavy (non-hydrogen) atoms. The average Bonchev–Trinajstić information content (AvgIpc) is 2.54. The molecule has 0 saturated heterocycles. The molecule has 2 aromatic heterocycles. The highest BCUT2D eigenvalue weighted by molar-refractivity contribution is 5.95. The summed E-state index contributed by atoms with van der Waals surface area (Å²) in [6.07, 6.45) is 3.33. The van der Waals surface area contributed by atoms with Crippen LogP contribution in [0.5, 0.6) is 5.75 Å². The van der Waals surface area contributed by atoms with Gasteiger partial charge in [-0.25, -0.2) is 9.97 Å². The van der Waals surface area contributed by atoms with Gasteiger partial charge in [0, 0.05) is 23.7 Å². The molecular weight excluding hydrogens is 264 g/mol. The molecule has 0 atom stereocenters. The van der Waals surface area contributed by atoms with Crippen LogP contribution >= 0.6 is 0 Å². The van der Waals surface area contributed by atoms with Gasteiger partial charge in [-0.05, 0) is 19.1 Å². The monoisotopic (exact) mass is 280 g/mol. The van der Waals surface area contributed by atoms with Gasteiger partial charge in [-0.2, -0.15) is 0 Å². The molecule has 0 bridgehead atoms. The largest absolute Gasteiger partial charge is 0.491 e. The lowest BCUT2D eigenvalue weighted by molar-refractivity contribution is 0.414. The summed E-state index contributed by atoms with van der Waals surface area (Å²) in [5.74, 6) is 1.35. The van der Waals surface area contributed by atoms with Crippen LogP contribution in [0.15, 0.2) is 42.9 Å². The van der Waals surface area contributed by atoms with Gasteiger partial charge in [0.15, 0.2) is 11.6 Å². The molecule has 2 heterocycles. The van der Waals surface area contributed by atoms with Gasteiger partial charge in [-0.3, -0.25) is 4.98 Å². The topological polar surface area (TPSA) is 59.9 Å². The minimum absolute atomic E-state index is 0.649. The summed E-state index contributed by atoms with van der Waals surface area (Å²) in [5, 5.41) is 4.23. The third-order valence-corrected chi connectivity index (χ3v) is 3.25. The fraction of sp³-hybridized carbons (Fsp3) is 0.188. The molecule has 106 valence electrons. The molecule has 1 aromatic carbocycles. The molecule has 1 N–H and O–H groups in total. The Kier molecular flexibility index (Phi) is 3.64. The van der Waals surface area contributed by atoms with E-state index in [1.807, 2.05) is 37.3 Å². The summed E-state index contributed by atoms with van der Waals surface area (Å²) < 4.78 is 5.52. The van der Waals surface area contributed by atoms with E-state index in [4.69, 9.17) is 4.74 Å². The van der Waals surface area contributed by atoms with Crippen molar-refractivity contribution in [2.75, 3.05) is 19.0 Å². The van der Waals surface area contributed by atoms with E-state index in [9.17, 15) is 0 Å². The number of pyridine rings is 1. The summed E-state index contributed by atoms with van der Waals surface area (Å²) in [4.78, 5) is 13.0. The molecule has 0 unspecified atom stereocenters. The van der Waals surface area contributed by atoms with Crippen molar-refractivity contribution >= 4 is 16.7 Å². The fourth-order valence-electron chi connectivity index (χ4n) is 2.36. The standard InChI is InChI=1S/C16H16N4O/c1-3-17-16-15(21-2)14(19-10-20-16)12-6-4-8-13-11(12)7-5-9-18-13/h4-10H,3H2,1-2H3,(H,17,19,20). The van der Waals surface area contributed by atoms with Crippen LogP contribution in [0.1, 0.15) is 6.92 Å². The molecule has 0 aliphatic rings. The predicted octanol–water partition coefficient (Wildman–Crippen LogP) is 3.13. The number of nitrogens with zero attached hydrogens (tertiary/aromatic N) is 3. The fourth-order valence-corrected chi connectivity index (χ4v) is 2.36. The number of ether oxygens (including phenoxy) is 1. The summed E-state index contributed by atoms with van der Waals surface area (Å²) in [7, 11) is 1.63. The van der Waals surface area contributed by atoms with Crippen molar-refractivity contribution in [3.8, 4) is 17.0 Å². The number of anilines is 1. The van der Waals surface area contributed by atoms with Crippen LogP contribution in [0.4, 0.5) is 5.82 Å². The molecule has 0 aliphatic carbocycles. The molecule has 3 rings (SSSR count). The summed E-state index contributed by atoms with van der Waals surface area (Å²) in [6, 6.07) is 9.93. The molecule has 3 aromatic rings. The molecule has 5 nitrogen and oxygen atoms in total. The quantitative estimate of drug-likeness (QED) is 0.795. The number of nitrogens with one attached hydrogen (secondary N) is 1. The number of benzene rings is 1. The van der Waals surface area contributed by atoms with E-state index < -0.39 is 0 Å². The van der Waals surface area contributed by atoms with Crippen LogP contribution < -0.4 is 10.1 Å². The van der Waals surface area contributed by atoms with Gasteiger partial charge >= 0.3 is 0 Å². The van der Waals surface area contributed by atoms with Crippen LogP contribution in [0, 0.1) is 0 Å². The van der Waals surface area contributed by atoms with Crippen molar-refractivity contribution < 1.29 is 4.74 Å². The zero-order valence-corrected chi connectivity index (χ0v) is 12.0. The second-order valence-electron chi connectivity index (χ2n) is 4.51. The van der Waals surface area contributed by atoms with Crippen LogP contribution in [0.3, 0.4) is 0 Å². The van der Waals surface area contributed by atoms with Crippen molar-refractivity contribution in [2.24, 2.45) is 0 Å². The SMILES string of the molecule is CCNc1ncnc(-c2cccc3ncccc23)c1OC. The predicted molar refractivity (Wildman–Crippen MR) is 83.5 cm³/mol. The van der Waals surface area contributed by atoms with Crippen LogP contribution in [0.25, 0.3) is 22.2 Å². The van der Waals surface area contributed by atoms with Gasteiger partial charge in [0.1, 0.15) is 12.0 Å². The second kappa shape index (κ2) is 5.75. The Hall–Kier alpha value is -2.69. The molecule has 0 fully saturated rings. The second-order valence-corrected chi connectivity index (χ2v) is 4.51. The highest BCUT2D eigenvalue weighted by atomic mass is 16.5. The van der Waals surface area contributed by atoms with Gasteiger partial charge in [0.05, 0.1) is 12.6 Å². The van der Waals surface area contributed by atoms with Gasteiger partial charge < -0.3 is 10.1 Å². The van der Waals surface area contributed by atoms with Crippen molar-refractivity contribution in [2.45, 2.75) is 6.92 Å². The lowest BCUT2D eigenvalue weighted by atomic mass is 10.0. The van der Waals surface area contributed by atoms with Crippen LogP contribution in [0.2, 0.25) is 0 Å². The highest BCUT2D eigenvalue weighted by Crippen LogP contribution is 2.36. The van der Waals surface area contributed by atoms with Crippen LogP contribution in [-0.2, 0) is 0 Å². The Bertz CT molecular complexity index is 768. The molecular formula is C16H16N4O. The Balaban J connectivity index is 2.25. The summed E-state index contributed by atoms with van der Waals surface area (Å²) in [6.45, 7) is 2.78. The first-order chi connectivity index (χ1) is 10.3. The maximum absolute atomic E-state index is 5.52. The number of hydrogen-bond acceptors (Lipinski definition) is 5. The number of methoxy groups -OCH3 is 1. The smallest absolute Gasteiger partial charge is 0.187 e. The Labute approximate surface area is 123 Å². The lowest BCUT2D eigenvalue weighted by Crippen LogP contribution is -2.04. The zero-order valence-electron chi connectivity index (χ0n) is 12.0. The first kappa shape index (κ1) is 13.3. The highest BCUT2D eigenvalue weighted by Gasteiger charge is 2.15. The molecule has 0 aliphatic heterocycles. The number of rotatable bonds is 4. The van der Waals surface area contributed by atoms with E-state index in [1.54, 1.807) is 19.6 Å². The number of aromatic nitrogens is 3. The van der Waals surface area contributed by atoms with Crippen molar-refractivity contribution in [3.05, 3.63) is 42.9 Å². The average molecular weight is 280 g/mol. The number of fused-ring (bicyclic) bond motifs is 1. The summed E-state index contributed by atoms with van der Waals surface area (Å²) in [5.41, 5.74) is 2.68. The lowest BCUT2D eigenvalue weighted by Gasteiger charge is -2.13. The Morgan fingerprint density at radius 2 is 2.00 bits per heavy atom. The molecule has 0 radical (unpaired) electrons. The maximum Gasteiger partial charge on any atom is 0.187 e. The molecule has 0 saturated carbocycles. The molecule has 0 amide bonds. The molecule has 0 spiro atoms. The molecule has 5 heteroatoms. The van der Waals surface area contributed by atoms with Crippen molar-refractivity contribution in [1.29, 1.82) is 0 Å². The Morgan fingerprint density at radius 3 is 2.81 bits per heavy atom. The minimum Gasteiger partial charge on any atom is -0.491 e. The maximum atomic E-state index is 5.52. The minimum atomic E-state index is 0.649. The Morgan fingerprint density at radius 1 is 1.10 bits per heavy atom. The van der Waals surface area contributed by atoms with E-state index >= 15 is 0 Å². The van der Waals surface area contributed by atoms with Gasteiger partial charge in [-0.1, -0.05) is 18.2 Å². The van der Waals surface area contributed by atoms with E-state index in [0.29, 0.717) is 11.6 Å². The van der Waals surface area contributed by atoms with E-state index in [1.165, 1.54) is 0 Å². The third kappa shape index (κ3) is 2.38. The van der Waals surface area contributed by atoms with E-state index in [0.717, 1.165) is 28.7 Å².